The molecule has 0 radical (unpaired) electrons. The Morgan fingerprint density at radius 3 is 2.58 bits per heavy atom. The zero-order valence-electron chi connectivity index (χ0n) is 12.7. The molecule has 0 spiro atoms. The third-order valence-electron chi connectivity index (χ3n) is 3.90. The van der Waals surface area contributed by atoms with Gasteiger partial charge in [0.2, 0.25) is 5.91 Å². The molecule has 1 amide bonds. The fourth-order valence-corrected chi connectivity index (χ4v) is 3.35. The van der Waals surface area contributed by atoms with E-state index in [1.165, 1.54) is 5.57 Å². The largest absolute Gasteiger partial charge is 0.396 e. The van der Waals surface area contributed by atoms with E-state index in [9.17, 15) is 4.79 Å². The number of hydrogen-bond acceptors (Lipinski definition) is 3. The second-order valence-corrected chi connectivity index (χ2v) is 7.15. The maximum Gasteiger partial charge on any atom is 0.224 e. The van der Waals surface area contributed by atoms with Crippen LogP contribution in [0.3, 0.4) is 0 Å². The van der Waals surface area contributed by atoms with Crippen molar-refractivity contribution in [2.24, 2.45) is 17.3 Å². The quantitative estimate of drug-likeness (QED) is 0.706. The van der Waals surface area contributed by atoms with Crippen molar-refractivity contribution < 1.29 is 9.90 Å². The lowest BCUT2D eigenvalue weighted by atomic mass is 10.1. The van der Waals surface area contributed by atoms with Gasteiger partial charge in [-0.2, -0.15) is 11.8 Å². The number of hydrogen-bond donors (Lipinski definition) is 2. The van der Waals surface area contributed by atoms with Gasteiger partial charge >= 0.3 is 0 Å². The van der Waals surface area contributed by atoms with Crippen molar-refractivity contribution in [3.05, 3.63) is 11.6 Å². The molecule has 1 aliphatic carbocycles. The van der Waals surface area contributed by atoms with Gasteiger partial charge in [-0.05, 0) is 37.9 Å². The van der Waals surface area contributed by atoms with E-state index in [2.05, 4.69) is 39.1 Å². The highest BCUT2D eigenvalue weighted by molar-refractivity contribution is 7.98. The van der Waals surface area contributed by atoms with Crippen LogP contribution < -0.4 is 5.32 Å². The van der Waals surface area contributed by atoms with Crippen LogP contribution in [0.5, 0.6) is 0 Å². The summed E-state index contributed by atoms with van der Waals surface area (Å²) in [5.74, 6) is 1.42. The highest BCUT2D eigenvalue weighted by atomic mass is 32.2. The minimum atomic E-state index is 0.0600. The van der Waals surface area contributed by atoms with Gasteiger partial charge in [0.25, 0.3) is 0 Å². The Morgan fingerprint density at radius 2 is 2.11 bits per heavy atom. The molecule has 3 nitrogen and oxygen atoms in total. The summed E-state index contributed by atoms with van der Waals surface area (Å²) in [7, 11) is 0. The first-order valence-electron chi connectivity index (χ1n) is 6.89. The van der Waals surface area contributed by atoms with E-state index in [0.29, 0.717) is 12.3 Å². The Morgan fingerprint density at radius 1 is 1.47 bits per heavy atom. The molecule has 0 bridgehead atoms. The van der Waals surface area contributed by atoms with Gasteiger partial charge in [0, 0.05) is 18.4 Å². The number of aliphatic hydroxyl groups excluding tert-OH is 1. The molecule has 0 aromatic carbocycles. The van der Waals surface area contributed by atoms with E-state index in [0.717, 1.165) is 5.75 Å². The zero-order valence-corrected chi connectivity index (χ0v) is 13.5. The number of nitrogens with one attached hydrogen (secondary N) is 1. The lowest BCUT2D eigenvalue weighted by Crippen LogP contribution is -2.39. The molecule has 4 heteroatoms. The topological polar surface area (TPSA) is 49.3 Å². The first-order chi connectivity index (χ1) is 8.84. The Labute approximate surface area is 121 Å². The van der Waals surface area contributed by atoms with Gasteiger partial charge in [0.05, 0.1) is 5.92 Å². The van der Waals surface area contributed by atoms with Crippen molar-refractivity contribution in [3.63, 3.8) is 0 Å². The first-order valence-corrected chi connectivity index (χ1v) is 8.29. The van der Waals surface area contributed by atoms with Crippen LogP contribution in [0.2, 0.25) is 0 Å². The second-order valence-electron chi connectivity index (χ2n) is 6.24. The van der Waals surface area contributed by atoms with Crippen molar-refractivity contribution in [1.82, 2.24) is 5.32 Å². The normalized spacial score (nSPS) is 25.6. The summed E-state index contributed by atoms with van der Waals surface area (Å²) in [6.07, 6.45) is 4.86. The molecule has 2 N–H and O–H groups in total. The summed E-state index contributed by atoms with van der Waals surface area (Å²) in [6.45, 7) is 8.57. The fourth-order valence-electron chi connectivity index (χ4n) is 2.69. The van der Waals surface area contributed by atoms with E-state index in [1.54, 1.807) is 11.8 Å². The Kier molecular flexibility index (Phi) is 5.93. The summed E-state index contributed by atoms with van der Waals surface area (Å²) in [4.78, 5) is 12.3. The van der Waals surface area contributed by atoms with Gasteiger partial charge in [-0.25, -0.2) is 0 Å². The molecule has 0 aromatic heterocycles. The molecule has 1 saturated carbocycles. The summed E-state index contributed by atoms with van der Waals surface area (Å²) in [5, 5.41) is 12.1. The van der Waals surface area contributed by atoms with Crippen LogP contribution in [0.25, 0.3) is 0 Å². The number of carbonyl (C=O) groups is 1. The van der Waals surface area contributed by atoms with Gasteiger partial charge in [0.1, 0.15) is 0 Å². The second kappa shape index (κ2) is 6.80. The molecule has 3 atom stereocenters. The van der Waals surface area contributed by atoms with Crippen LogP contribution in [0, 0.1) is 17.3 Å². The lowest BCUT2D eigenvalue weighted by Gasteiger charge is -2.17. The molecule has 19 heavy (non-hydrogen) atoms. The molecule has 110 valence electrons. The minimum absolute atomic E-state index is 0.0600. The van der Waals surface area contributed by atoms with Crippen molar-refractivity contribution in [3.8, 4) is 0 Å². The van der Waals surface area contributed by atoms with Crippen LogP contribution in [0.4, 0.5) is 0 Å². The summed E-state index contributed by atoms with van der Waals surface area (Å²) < 4.78 is 0. The summed E-state index contributed by atoms with van der Waals surface area (Å²) in [6, 6.07) is 0.0799. The Bertz CT molecular complexity index is 342. The SMILES string of the molecule is CSCC(CCO)NC(=O)C1C(C=C(C)C)C1(C)C. The van der Waals surface area contributed by atoms with Gasteiger partial charge in [-0.3, -0.25) is 4.79 Å². The van der Waals surface area contributed by atoms with Crippen LogP contribution in [-0.4, -0.2) is 35.7 Å². The smallest absolute Gasteiger partial charge is 0.224 e. The number of rotatable bonds is 7. The Balaban J connectivity index is 2.61. The average Bonchev–Trinajstić information content (AvgIpc) is 2.80. The lowest BCUT2D eigenvalue weighted by molar-refractivity contribution is -0.123. The predicted octanol–water partition coefficient (Wildman–Crippen LogP) is 2.46. The molecular formula is C15H27NO2S. The molecule has 1 aliphatic rings. The Hall–Kier alpha value is -0.480. The van der Waals surface area contributed by atoms with Gasteiger partial charge in [0.15, 0.2) is 0 Å². The van der Waals surface area contributed by atoms with Crippen LogP contribution >= 0.6 is 11.8 Å². The highest BCUT2D eigenvalue weighted by Crippen LogP contribution is 2.59. The molecule has 0 heterocycles. The first kappa shape index (κ1) is 16.6. The van der Waals surface area contributed by atoms with Crippen LogP contribution in [0.15, 0.2) is 11.6 Å². The molecule has 1 rings (SSSR count). The number of aliphatic hydroxyl groups is 1. The van der Waals surface area contributed by atoms with E-state index in [1.807, 2.05) is 6.26 Å². The fraction of sp³-hybridized carbons (Fsp3) is 0.800. The van der Waals surface area contributed by atoms with E-state index in [4.69, 9.17) is 5.11 Å². The minimum Gasteiger partial charge on any atom is -0.396 e. The van der Waals surface area contributed by atoms with Crippen LogP contribution in [0.1, 0.15) is 34.1 Å². The number of carbonyl (C=O) groups excluding carboxylic acids is 1. The molecule has 0 aromatic rings. The summed E-state index contributed by atoms with van der Waals surface area (Å²) >= 11 is 1.70. The molecule has 3 unspecified atom stereocenters. The molecular weight excluding hydrogens is 258 g/mol. The predicted molar refractivity (Wildman–Crippen MR) is 82.2 cm³/mol. The van der Waals surface area contributed by atoms with Crippen molar-refractivity contribution >= 4 is 17.7 Å². The molecule has 0 aliphatic heterocycles. The third kappa shape index (κ3) is 4.25. The van der Waals surface area contributed by atoms with Crippen molar-refractivity contribution in [1.29, 1.82) is 0 Å². The van der Waals surface area contributed by atoms with Crippen molar-refractivity contribution in [2.75, 3.05) is 18.6 Å². The van der Waals surface area contributed by atoms with Gasteiger partial charge in [-0.1, -0.05) is 25.5 Å². The van der Waals surface area contributed by atoms with Gasteiger partial charge in [-0.15, -0.1) is 0 Å². The summed E-state index contributed by atoms with van der Waals surface area (Å²) in [5.41, 5.74) is 1.33. The molecule has 0 saturated heterocycles. The van der Waals surface area contributed by atoms with E-state index >= 15 is 0 Å². The number of allylic oxidation sites excluding steroid dienone is 2. The maximum atomic E-state index is 12.3. The average molecular weight is 285 g/mol. The van der Waals surface area contributed by atoms with Crippen molar-refractivity contribution in [2.45, 2.75) is 40.2 Å². The highest BCUT2D eigenvalue weighted by Gasteiger charge is 2.60. The maximum absolute atomic E-state index is 12.3. The monoisotopic (exact) mass is 285 g/mol. The number of amides is 1. The number of thioether (sulfide) groups is 1. The molecule has 1 fully saturated rings. The standard InChI is InChI=1S/C15H27NO2S/c1-10(2)8-12-13(15(12,3)4)14(18)16-11(6-7-17)9-19-5/h8,11-13,17H,6-7,9H2,1-5H3,(H,16,18). The third-order valence-corrected chi connectivity index (χ3v) is 4.63. The zero-order chi connectivity index (χ0) is 14.6. The van der Waals surface area contributed by atoms with Gasteiger partial charge < -0.3 is 10.4 Å². The van der Waals surface area contributed by atoms with E-state index < -0.39 is 0 Å². The van der Waals surface area contributed by atoms with Crippen LogP contribution in [-0.2, 0) is 4.79 Å². The van der Waals surface area contributed by atoms with E-state index in [-0.39, 0.29) is 29.9 Å².